The van der Waals surface area contributed by atoms with E-state index >= 15 is 4.79 Å². The minimum Gasteiger partial charge on any atom is -0.462 e. The van der Waals surface area contributed by atoms with E-state index < -0.39 is 0 Å². The molecule has 312 valence electrons. The molecule has 9 rings (SSSR count). The summed E-state index contributed by atoms with van der Waals surface area (Å²) in [5.74, 6) is 4.27. The van der Waals surface area contributed by atoms with Crippen LogP contribution >= 0.6 is 0 Å². The van der Waals surface area contributed by atoms with E-state index in [-0.39, 0.29) is 45.2 Å². The van der Waals surface area contributed by atoms with Crippen LogP contribution in [0.1, 0.15) is 150 Å². The molecule has 1 saturated heterocycles. The largest absolute Gasteiger partial charge is 0.462 e. The number of hydrogen-bond donors (Lipinski definition) is 0. The van der Waals surface area contributed by atoms with Crippen molar-refractivity contribution in [2.24, 2.45) is 62.1 Å². The number of nitrogens with zero attached hydrogens (tertiary/aromatic N) is 5. The number of esters is 1. The number of pyridine rings is 1. The Bertz CT molecular complexity index is 1870. The molecule has 11 atom stereocenters. The van der Waals surface area contributed by atoms with Crippen molar-refractivity contribution >= 4 is 11.9 Å². The lowest BCUT2D eigenvalue weighted by Gasteiger charge is -2.73. The number of likely N-dealkylation sites (N-methyl/N-ethyl adjacent to an activating group) is 1. The minimum absolute atomic E-state index is 0.00610. The second-order valence-corrected chi connectivity index (χ2v) is 22.5. The fourth-order valence-corrected chi connectivity index (χ4v) is 16.1. The van der Waals surface area contributed by atoms with Gasteiger partial charge in [0.2, 0.25) is 5.91 Å². The third-order valence-electron chi connectivity index (χ3n) is 19.4. The Hall–Kier alpha value is -2.74. The predicted molar refractivity (Wildman–Crippen MR) is 225 cm³/mol. The Balaban J connectivity index is 1.05. The third kappa shape index (κ3) is 5.88. The molecule has 6 saturated carbocycles. The summed E-state index contributed by atoms with van der Waals surface area (Å²) in [7, 11) is 4.27. The fraction of sp³-hybridized carbons (Fsp3) is 0.796. The van der Waals surface area contributed by atoms with Gasteiger partial charge in [0, 0.05) is 56.1 Å². The molecule has 7 fully saturated rings. The first-order chi connectivity index (χ1) is 27.0. The van der Waals surface area contributed by atoms with Crippen molar-refractivity contribution in [1.29, 1.82) is 0 Å². The highest BCUT2D eigenvalue weighted by Gasteiger charge is 2.74. The molecule has 2 aromatic heterocycles. The van der Waals surface area contributed by atoms with Crippen molar-refractivity contribution in [3.05, 3.63) is 36.5 Å². The highest BCUT2D eigenvalue weighted by Crippen LogP contribution is 2.79. The Morgan fingerprint density at radius 2 is 1.65 bits per heavy atom. The first-order valence-corrected chi connectivity index (χ1v) is 23.1. The number of fused-ring (bicyclic) bond motifs is 7. The van der Waals surface area contributed by atoms with Crippen LogP contribution in [0.3, 0.4) is 0 Å². The first-order valence-electron chi connectivity index (χ1n) is 23.1. The average Bonchev–Trinajstić information content (AvgIpc) is 3.52. The number of amides is 1. The molecule has 3 heterocycles. The van der Waals surface area contributed by atoms with Crippen molar-refractivity contribution in [3.8, 4) is 11.3 Å². The van der Waals surface area contributed by atoms with E-state index in [0.717, 1.165) is 81.7 Å². The van der Waals surface area contributed by atoms with Crippen LogP contribution in [0.2, 0.25) is 0 Å². The standard InChI is InChI=1S/C49H73N5O3/c1-32(55)57-40-18-19-46(5)38(44(40,2)3)17-20-48(7)39(46)15-14-35-41-34(45(4)22-23-45)16-21-49(41,25-24-47(35,48)6)43(56)54-27-11-13-37(54)42-51-36(33-12-10-26-50-30-33)31-53(42)29-28-52(8)9/h10,12,26,30-31,34-35,37-41H,11,13-25,27-29H2,1-9H3/t34?,35-,37+,38?,39?,40+,41?,46+,47-,48-,49+/m1/s1. The van der Waals surface area contributed by atoms with E-state index in [1.54, 1.807) is 6.92 Å². The second kappa shape index (κ2) is 13.6. The summed E-state index contributed by atoms with van der Waals surface area (Å²) in [6.45, 7) is 19.7. The maximum absolute atomic E-state index is 15.9. The molecule has 0 N–H and O–H groups in total. The molecule has 7 aliphatic rings. The highest BCUT2D eigenvalue weighted by molar-refractivity contribution is 5.84. The van der Waals surface area contributed by atoms with E-state index in [1.807, 2.05) is 18.5 Å². The zero-order valence-electron chi connectivity index (χ0n) is 36.9. The van der Waals surface area contributed by atoms with Crippen LogP contribution in [0.25, 0.3) is 11.3 Å². The number of ether oxygens (including phenoxy) is 1. The van der Waals surface area contributed by atoms with Gasteiger partial charge in [-0.15, -0.1) is 0 Å². The highest BCUT2D eigenvalue weighted by atomic mass is 16.5. The number of aromatic nitrogens is 3. The number of likely N-dealkylation sites (tertiary alicyclic amines) is 1. The SMILES string of the molecule is CC(=O)O[C@H]1CC[C@@]2(C)C(CC[C@]3(C)C2CC[C@@H]2C4C(C5(C)CC5)CC[C@]4(C(=O)N4CCC[C@H]4c4nc(-c5cccnc5)cn4CCN(C)C)CC[C@]23C)C1(C)C. The summed E-state index contributed by atoms with van der Waals surface area (Å²) < 4.78 is 8.40. The number of carbonyl (C=O) groups is 2. The molecule has 57 heavy (non-hydrogen) atoms. The molecule has 1 aliphatic heterocycles. The van der Waals surface area contributed by atoms with Gasteiger partial charge in [-0.1, -0.05) is 41.5 Å². The lowest BCUT2D eigenvalue weighted by molar-refractivity contribution is -0.251. The first kappa shape index (κ1) is 39.7. The van der Waals surface area contributed by atoms with Gasteiger partial charge in [0.1, 0.15) is 11.9 Å². The van der Waals surface area contributed by atoms with Crippen LogP contribution in [-0.2, 0) is 20.9 Å². The van der Waals surface area contributed by atoms with E-state index in [4.69, 9.17) is 9.72 Å². The molecule has 8 heteroatoms. The Morgan fingerprint density at radius 1 is 0.860 bits per heavy atom. The van der Waals surface area contributed by atoms with Crippen LogP contribution in [0.5, 0.6) is 0 Å². The maximum atomic E-state index is 15.9. The molecule has 0 bridgehead atoms. The summed E-state index contributed by atoms with van der Waals surface area (Å²) in [5.41, 5.74) is 2.74. The molecular weight excluding hydrogens is 707 g/mol. The van der Waals surface area contributed by atoms with Gasteiger partial charge in [-0.3, -0.25) is 14.6 Å². The molecule has 1 amide bonds. The van der Waals surface area contributed by atoms with Crippen molar-refractivity contribution < 1.29 is 14.3 Å². The van der Waals surface area contributed by atoms with Gasteiger partial charge in [0.25, 0.3) is 0 Å². The molecule has 0 aromatic carbocycles. The molecule has 0 radical (unpaired) electrons. The van der Waals surface area contributed by atoms with Crippen LogP contribution in [0, 0.1) is 62.1 Å². The van der Waals surface area contributed by atoms with Gasteiger partial charge in [-0.25, -0.2) is 4.98 Å². The monoisotopic (exact) mass is 780 g/mol. The number of rotatable bonds is 8. The van der Waals surface area contributed by atoms with Gasteiger partial charge in [-0.2, -0.15) is 0 Å². The zero-order chi connectivity index (χ0) is 40.3. The third-order valence-corrected chi connectivity index (χ3v) is 19.4. The molecular formula is C49H73N5O3. The Labute approximate surface area is 343 Å². The Kier molecular flexibility index (Phi) is 9.50. The van der Waals surface area contributed by atoms with Gasteiger partial charge in [0.05, 0.1) is 17.2 Å². The number of carbonyl (C=O) groups excluding carboxylic acids is 2. The van der Waals surface area contributed by atoms with Gasteiger partial charge < -0.3 is 19.1 Å². The van der Waals surface area contributed by atoms with Crippen molar-refractivity contribution in [2.75, 3.05) is 27.2 Å². The average molecular weight is 780 g/mol. The fourth-order valence-electron chi connectivity index (χ4n) is 16.1. The zero-order valence-corrected chi connectivity index (χ0v) is 36.9. The van der Waals surface area contributed by atoms with Crippen LogP contribution in [0.15, 0.2) is 30.7 Å². The number of hydrogen-bond acceptors (Lipinski definition) is 6. The van der Waals surface area contributed by atoms with Crippen molar-refractivity contribution in [1.82, 2.24) is 24.3 Å². The van der Waals surface area contributed by atoms with E-state index in [2.05, 4.69) is 87.3 Å². The molecule has 4 unspecified atom stereocenters. The van der Waals surface area contributed by atoms with Crippen LogP contribution < -0.4 is 0 Å². The van der Waals surface area contributed by atoms with Gasteiger partial charge in [0.15, 0.2) is 0 Å². The second-order valence-electron chi connectivity index (χ2n) is 22.5. The summed E-state index contributed by atoms with van der Waals surface area (Å²) >= 11 is 0. The van der Waals surface area contributed by atoms with E-state index in [0.29, 0.717) is 40.9 Å². The summed E-state index contributed by atoms with van der Waals surface area (Å²) in [6.07, 6.45) is 22.2. The lowest BCUT2D eigenvalue weighted by Crippen LogP contribution is -2.67. The molecule has 2 aromatic rings. The van der Waals surface area contributed by atoms with Gasteiger partial charge >= 0.3 is 5.97 Å². The minimum atomic E-state index is -0.273. The van der Waals surface area contributed by atoms with E-state index in [9.17, 15) is 4.79 Å². The van der Waals surface area contributed by atoms with Crippen molar-refractivity contribution in [2.45, 2.75) is 157 Å². The topological polar surface area (TPSA) is 80.6 Å². The Morgan fingerprint density at radius 3 is 2.35 bits per heavy atom. The summed E-state index contributed by atoms with van der Waals surface area (Å²) in [4.78, 5) is 42.5. The molecule has 8 nitrogen and oxygen atoms in total. The predicted octanol–water partition coefficient (Wildman–Crippen LogP) is 9.98. The van der Waals surface area contributed by atoms with Gasteiger partial charge in [-0.05, 0) is 167 Å². The lowest BCUT2D eigenvalue weighted by atomic mass is 9.32. The molecule has 6 aliphatic carbocycles. The maximum Gasteiger partial charge on any atom is 0.302 e. The summed E-state index contributed by atoms with van der Waals surface area (Å²) in [5, 5.41) is 0. The van der Waals surface area contributed by atoms with E-state index in [1.165, 1.54) is 44.9 Å². The smallest absolute Gasteiger partial charge is 0.302 e. The van der Waals surface area contributed by atoms with Crippen LogP contribution in [-0.4, -0.2) is 69.5 Å². The normalized spacial score (nSPS) is 41.5. The van der Waals surface area contributed by atoms with Crippen molar-refractivity contribution in [3.63, 3.8) is 0 Å². The summed E-state index contributed by atoms with van der Waals surface area (Å²) in [6, 6.07) is 4.10. The van der Waals surface area contributed by atoms with Crippen LogP contribution in [0.4, 0.5) is 0 Å². The molecule has 0 spiro atoms. The number of imidazole rings is 1. The quantitative estimate of drug-likeness (QED) is 0.248.